The minimum Gasteiger partial charge on any atom is -0.309 e. The molecule has 2 fully saturated rings. The monoisotopic (exact) mass is 211 g/mol. The lowest BCUT2D eigenvalue weighted by Gasteiger charge is -2.35. The lowest BCUT2D eigenvalue weighted by Crippen LogP contribution is -2.54. The van der Waals surface area contributed by atoms with Gasteiger partial charge < -0.3 is 5.32 Å². The predicted molar refractivity (Wildman–Crippen MR) is 50.5 cm³/mol. The summed E-state index contributed by atoms with van der Waals surface area (Å²) in [5.74, 6) is 0.729. The number of hydrogen-bond acceptors (Lipinski definition) is 3. The Bertz CT molecular complexity index is 234. The van der Waals surface area contributed by atoms with Crippen molar-refractivity contribution in [3.05, 3.63) is 0 Å². The van der Waals surface area contributed by atoms with E-state index in [0.717, 1.165) is 12.8 Å². The van der Waals surface area contributed by atoms with Crippen molar-refractivity contribution in [2.45, 2.75) is 31.3 Å². The SMILES string of the molecule is Cl.O=S1(=O)CC2CCCC(C1)N2. The van der Waals surface area contributed by atoms with Crippen LogP contribution >= 0.6 is 12.4 Å². The third kappa shape index (κ3) is 2.12. The third-order valence-corrected chi connectivity index (χ3v) is 4.31. The molecule has 2 atom stereocenters. The normalized spacial score (nSPS) is 38.3. The summed E-state index contributed by atoms with van der Waals surface area (Å²) < 4.78 is 22.4. The fourth-order valence-corrected chi connectivity index (χ4v) is 3.94. The first-order chi connectivity index (χ1) is 5.16. The minimum atomic E-state index is -2.70. The summed E-state index contributed by atoms with van der Waals surface area (Å²) in [7, 11) is -2.70. The van der Waals surface area contributed by atoms with Crippen LogP contribution in [0.3, 0.4) is 0 Å². The molecule has 2 aliphatic rings. The number of piperidine rings is 1. The number of rotatable bonds is 0. The topological polar surface area (TPSA) is 46.2 Å². The highest BCUT2D eigenvalue weighted by Gasteiger charge is 2.33. The van der Waals surface area contributed by atoms with Gasteiger partial charge in [0.05, 0.1) is 11.5 Å². The molecule has 0 aliphatic carbocycles. The van der Waals surface area contributed by atoms with Crippen molar-refractivity contribution in [1.29, 1.82) is 0 Å². The van der Waals surface area contributed by atoms with Crippen LogP contribution in [0.4, 0.5) is 0 Å². The van der Waals surface area contributed by atoms with Crippen LogP contribution in [0.15, 0.2) is 0 Å². The first-order valence-corrected chi connectivity index (χ1v) is 5.94. The van der Waals surface area contributed by atoms with Crippen molar-refractivity contribution in [2.75, 3.05) is 11.5 Å². The van der Waals surface area contributed by atoms with Gasteiger partial charge in [-0.05, 0) is 12.8 Å². The quantitative estimate of drug-likeness (QED) is 0.629. The summed E-state index contributed by atoms with van der Waals surface area (Å²) in [4.78, 5) is 0. The maximum absolute atomic E-state index is 11.2. The van der Waals surface area contributed by atoms with Crippen LogP contribution < -0.4 is 5.32 Å². The summed E-state index contributed by atoms with van der Waals surface area (Å²) in [6.45, 7) is 0. The van der Waals surface area contributed by atoms with Crippen molar-refractivity contribution in [3.8, 4) is 0 Å². The zero-order valence-corrected chi connectivity index (χ0v) is 8.46. The van der Waals surface area contributed by atoms with Crippen LogP contribution in [-0.4, -0.2) is 32.0 Å². The highest BCUT2D eigenvalue weighted by molar-refractivity contribution is 7.91. The first kappa shape index (κ1) is 10.3. The number of nitrogens with one attached hydrogen (secondary N) is 1. The number of fused-ring (bicyclic) bond motifs is 2. The summed E-state index contributed by atoms with van der Waals surface area (Å²) in [5, 5.41) is 3.33. The van der Waals surface area contributed by atoms with Crippen molar-refractivity contribution in [3.63, 3.8) is 0 Å². The van der Waals surface area contributed by atoms with E-state index in [9.17, 15) is 8.42 Å². The van der Waals surface area contributed by atoms with E-state index in [0.29, 0.717) is 11.5 Å². The Labute approximate surface area is 79.2 Å². The average Bonchev–Trinajstić information content (AvgIpc) is 1.82. The zero-order chi connectivity index (χ0) is 7.90. The molecule has 0 radical (unpaired) electrons. The molecule has 2 rings (SSSR count). The summed E-state index contributed by atoms with van der Waals surface area (Å²) in [6, 6.07) is 0.514. The highest BCUT2D eigenvalue weighted by atomic mass is 35.5. The average molecular weight is 212 g/mol. The largest absolute Gasteiger partial charge is 0.309 e. The molecule has 1 N–H and O–H groups in total. The first-order valence-electron chi connectivity index (χ1n) is 4.12. The van der Waals surface area contributed by atoms with E-state index in [1.54, 1.807) is 0 Å². The maximum Gasteiger partial charge on any atom is 0.153 e. The van der Waals surface area contributed by atoms with E-state index in [-0.39, 0.29) is 24.5 Å². The van der Waals surface area contributed by atoms with Gasteiger partial charge in [-0.15, -0.1) is 12.4 Å². The van der Waals surface area contributed by atoms with Crippen LogP contribution in [0.25, 0.3) is 0 Å². The molecule has 3 nitrogen and oxygen atoms in total. The van der Waals surface area contributed by atoms with Gasteiger partial charge in [-0.3, -0.25) is 0 Å². The molecule has 0 amide bonds. The van der Waals surface area contributed by atoms with Gasteiger partial charge in [-0.2, -0.15) is 0 Å². The Hall–Kier alpha value is 0.200. The Balaban J connectivity index is 0.000000720. The molecule has 5 heteroatoms. The van der Waals surface area contributed by atoms with E-state index in [2.05, 4.69) is 5.32 Å². The fourth-order valence-electron chi connectivity index (χ4n) is 2.05. The van der Waals surface area contributed by atoms with Crippen molar-refractivity contribution in [1.82, 2.24) is 5.32 Å². The molecule has 2 saturated heterocycles. The predicted octanol–water partition coefficient (Wildman–Crippen LogP) is 0.347. The molecule has 0 aromatic heterocycles. The molecule has 2 aliphatic heterocycles. The molecule has 72 valence electrons. The van der Waals surface area contributed by atoms with E-state index in [1.165, 1.54) is 6.42 Å². The molecule has 2 unspecified atom stereocenters. The molecule has 2 bridgehead atoms. The molecule has 0 aromatic carbocycles. The standard InChI is InChI=1S/C7H13NO2S.ClH/c9-11(10)4-6-2-1-3-7(5-11)8-6;/h6-8H,1-5H2;1H. The van der Waals surface area contributed by atoms with Crippen molar-refractivity contribution >= 4 is 22.2 Å². The van der Waals surface area contributed by atoms with Crippen LogP contribution in [0.2, 0.25) is 0 Å². The summed E-state index contributed by atoms with van der Waals surface area (Å²) >= 11 is 0. The van der Waals surface area contributed by atoms with Crippen LogP contribution in [-0.2, 0) is 9.84 Å². The molecule has 12 heavy (non-hydrogen) atoms. The van der Waals surface area contributed by atoms with Gasteiger partial charge in [-0.25, -0.2) is 8.42 Å². The van der Waals surface area contributed by atoms with Crippen molar-refractivity contribution in [2.24, 2.45) is 0 Å². The number of sulfone groups is 1. The van der Waals surface area contributed by atoms with E-state index in [4.69, 9.17) is 0 Å². The Morgan fingerprint density at radius 2 is 1.58 bits per heavy atom. The third-order valence-electron chi connectivity index (χ3n) is 2.49. The van der Waals surface area contributed by atoms with Gasteiger partial charge in [0.15, 0.2) is 9.84 Å². The van der Waals surface area contributed by atoms with Gasteiger partial charge in [0.1, 0.15) is 0 Å². The fraction of sp³-hybridized carbons (Fsp3) is 1.00. The summed E-state index contributed by atoms with van der Waals surface area (Å²) in [6.07, 6.45) is 3.27. The number of halogens is 1. The van der Waals surface area contributed by atoms with Gasteiger partial charge in [0, 0.05) is 12.1 Å². The van der Waals surface area contributed by atoms with E-state index < -0.39 is 9.84 Å². The van der Waals surface area contributed by atoms with Gasteiger partial charge in [0.2, 0.25) is 0 Å². The molecule has 0 aromatic rings. The van der Waals surface area contributed by atoms with Gasteiger partial charge in [-0.1, -0.05) is 6.42 Å². The smallest absolute Gasteiger partial charge is 0.153 e. The van der Waals surface area contributed by atoms with Crippen LogP contribution in [0, 0.1) is 0 Å². The highest BCUT2D eigenvalue weighted by Crippen LogP contribution is 2.20. The molecule has 2 heterocycles. The molecular formula is C7H14ClNO2S. The van der Waals surface area contributed by atoms with E-state index in [1.807, 2.05) is 0 Å². The molecule has 0 saturated carbocycles. The Morgan fingerprint density at radius 3 is 2.08 bits per heavy atom. The van der Waals surface area contributed by atoms with Gasteiger partial charge in [0.25, 0.3) is 0 Å². The van der Waals surface area contributed by atoms with E-state index >= 15 is 0 Å². The summed E-state index contributed by atoms with van der Waals surface area (Å²) in [5.41, 5.74) is 0. The molecule has 0 spiro atoms. The second-order valence-corrected chi connectivity index (χ2v) is 5.72. The zero-order valence-electron chi connectivity index (χ0n) is 6.82. The van der Waals surface area contributed by atoms with Gasteiger partial charge >= 0.3 is 0 Å². The Morgan fingerprint density at radius 1 is 1.08 bits per heavy atom. The minimum absolute atomic E-state index is 0. The Kier molecular flexibility index (Phi) is 3.01. The van der Waals surface area contributed by atoms with Crippen LogP contribution in [0.5, 0.6) is 0 Å². The molecular weight excluding hydrogens is 198 g/mol. The van der Waals surface area contributed by atoms with Crippen LogP contribution in [0.1, 0.15) is 19.3 Å². The second kappa shape index (κ2) is 3.52. The lowest BCUT2D eigenvalue weighted by molar-refractivity contribution is 0.338. The lowest BCUT2D eigenvalue weighted by atomic mass is 10.0. The van der Waals surface area contributed by atoms with Crippen molar-refractivity contribution < 1.29 is 8.42 Å². The second-order valence-electron chi connectivity index (χ2n) is 3.57. The number of hydrogen-bond donors (Lipinski definition) is 1. The maximum atomic E-state index is 11.2.